The highest BCUT2D eigenvalue weighted by Gasteiger charge is 2.24. The molecule has 1 aromatic carbocycles. The second-order valence-electron chi connectivity index (χ2n) is 5.66. The van der Waals surface area contributed by atoms with Crippen LogP contribution in [0.1, 0.15) is 23.2 Å². The number of hydrogen-bond acceptors (Lipinski definition) is 3. The predicted molar refractivity (Wildman–Crippen MR) is 83.9 cm³/mol. The van der Waals surface area contributed by atoms with Gasteiger partial charge in [0.1, 0.15) is 5.82 Å². The van der Waals surface area contributed by atoms with Crippen molar-refractivity contribution in [2.24, 2.45) is 5.92 Å². The number of benzene rings is 1. The van der Waals surface area contributed by atoms with E-state index in [1.165, 1.54) is 6.20 Å². The molecule has 0 saturated carbocycles. The Bertz CT molecular complexity index is 769. The van der Waals surface area contributed by atoms with E-state index in [2.05, 4.69) is 11.1 Å². The zero-order valence-electron chi connectivity index (χ0n) is 12.6. The van der Waals surface area contributed by atoms with Gasteiger partial charge in [-0.05, 0) is 36.6 Å². The Morgan fingerprint density at radius 2 is 2.26 bits per heavy atom. The molecule has 1 atom stereocenters. The lowest BCUT2D eigenvalue weighted by Gasteiger charge is -2.29. The topological polar surface area (TPSA) is 57.0 Å². The Kier molecular flexibility index (Phi) is 4.33. The number of amides is 1. The van der Waals surface area contributed by atoms with Crippen LogP contribution in [0.5, 0.6) is 0 Å². The van der Waals surface area contributed by atoms with Gasteiger partial charge in [-0.25, -0.2) is 4.39 Å². The van der Waals surface area contributed by atoms with Crippen LogP contribution in [0.2, 0.25) is 0 Å². The standard InChI is InChI=1S/C18H16FN3O/c19-17-11-21-7-6-16(17)14-4-1-5-15(9-14)18(23)22-8-2-3-13(10-20)12-22/h1,4-7,9,11,13H,2-3,8,12H2/t13-/m1/s1. The van der Waals surface area contributed by atoms with Gasteiger partial charge in [-0.2, -0.15) is 5.26 Å². The fourth-order valence-corrected chi connectivity index (χ4v) is 2.88. The minimum atomic E-state index is -0.417. The third kappa shape index (κ3) is 3.21. The average Bonchev–Trinajstić information content (AvgIpc) is 2.61. The first kappa shape index (κ1) is 15.2. The number of pyridine rings is 1. The highest BCUT2D eigenvalue weighted by atomic mass is 19.1. The van der Waals surface area contributed by atoms with Gasteiger partial charge < -0.3 is 4.90 Å². The molecule has 23 heavy (non-hydrogen) atoms. The molecule has 0 bridgehead atoms. The average molecular weight is 309 g/mol. The van der Waals surface area contributed by atoms with Crippen LogP contribution in [0.15, 0.2) is 42.7 Å². The maximum Gasteiger partial charge on any atom is 0.253 e. The second kappa shape index (κ2) is 6.57. The van der Waals surface area contributed by atoms with E-state index in [1.54, 1.807) is 35.2 Å². The van der Waals surface area contributed by atoms with Crippen LogP contribution < -0.4 is 0 Å². The third-order valence-corrected chi connectivity index (χ3v) is 4.08. The quantitative estimate of drug-likeness (QED) is 0.855. The maximum absolute atomic E-state index is 13.9. The van der Waals surface area contributed by atoms with Gasteiger partial charge in [0, 0.05) is 30.4 Å². The molecular weight excluding hydrogens is 293 g/mol. The van der Waals surface area contributed by atoms with E-state index in [-0.39, 0.29) is 11.8 Å². The molecule has 0 radical (unpaired) electrons. The smallest absolute Gasteiger partial charge is 0.253 e. The van der Waals surface area contributed by atoms with E-state index >= 15 is 0 Å². The number of halogens is 1. The number of nitriles is 1. The minimum Gasteiger partial charge on any atom is -0.337 e. The molecular formula is C18H16FN3O. The van der Waals surface area contributed by atoms with Gasteiger partial charge in [0.2, 0.25) is 0 Å². The van der Waals surface area contributed by atoms with Gasteiger partial charge in [0.15, 0.2) is 0 Å². The van der Waals surface area contributed by atoms with Crippen molar-refractivity contribution in [3.63, 3.8) is 0 Å². The molecule has 0 spiro atoms. The van der Waals surface area contributed by atoms with Gasteiger partial charge in [-0.1, -0.05) is 12.1 Å². The molecule has 2 heterocycles. The summed E-state index contributed by atoms with van der Waals surface area (Å²) >= 11 is 0. The summed E-state index contributed by atoms with van der Waals surface area (Å²) in [4.78, 5) is 18.1. The second-order valence-corrected chi connectivity index (χ2v) is 5.66. The Hall–Kier alpha value is -2.74. The van der Waals surface area contributed by atoms with Crippen LogP contribution in [-0.2, 0) is 0 Å². The Morgan fingerprint density at radius 1 is 1.39 bits per heavy atom. The van der Waals surface area contributed by atoms with Crippen LogP contribution in [0.25, 0.3) is 11.1 Å². The monoisotopic (exact) mass is 309 g/mol. The number of aromatic nitrogens is 1. The molecule has 116 valence electrons. The SMILES string of the molecule is N#C[C@H]1CCCN(C(=O)c2cccc(-c3ccncc3F)c2)C1. The number of carbonyl (C=O) groups is 1. The molecule has 1 amide bonds. The summed E-state index contributed by atoms with van der Waals surface area (Å²) in [6.07, 6.45) is 4.35. The van der Waals surface area contributed by atoms with Crippen molar-refractivity contribution in [2.75, 3.05) is 13.1 Å². The summed E-state index contributed by atoms with van der Waals surface area (Å²) in [5.41, 5.74) is 1.57. The van der Waals surface area contributed by atoms with E-state index < -0.39 is 5.82 Å². The van der Waals surface area contributed by atoms with Crippen LogP contribution in [0, 0.1) is 23.1 Å². The highest BCUT2D eigenvalue weighted by Crippen LogP contribution is 2.24. The summed E-state index contributed by atoms with van der Waals surface area (Å²) in [5.74, 6) is -0.630. The van der Waals surface area contributed by atoms with Crippen molar-refractivity contribution in [1.82, 2.24) is 9.88 Å². The van der Waals surface area contributed by atoms with E-state index in [4.69, 9.17) is 5.26 Å². The number of rotatable bonds is 2. The van der Waals surface area contributed by atoms with Gasteiger partial charge in [-0.3, -0.25) is 9.78 Å². The number of hydrogen-bond donors (Lipinski definition) is 0. The zero-order valence-corrected chi connectivity index (χ0v) is 12.6. The van der Waals surface area contributed by atoms with Crippen LogP contribution >= 0.6 is 0 Å². The molecule has 4 nitrogen and oxygen atoms in total. The molecule has 0 N–H and O–H groups in total. The van der Waals surface area contributed by atoms with E-state index in [0.29, 0.717) is 29.8 Å². The highest BCUT2D eigenvalue weighted by molar-refractivity contribution is 5.95. The van der Waals surface area contributed by atoms with Crippen molar-refractivity contribution in [3.8, 4) is 17.2 Å². The third-order valence-electron chi connectivity index (χ3n) is 4.08. The van der Waals surface area contributed by atoms with Gasteiger partial charge in [0.05, 0.1) is 18.2 Å². The lowest BCUT2D eigenvalue weighted by Crippen LogP contribution is -2.39. The molecule has 1 aromatic heterocycles. The molecule has 1 fully saturated rings. The van der Waals surface area contributed by atoms with Crippen molar-refractivity contribution >= 4 is 5.91 Å². The van der Waals surface area contributed by atoms with E-state index in [1.807, 2.05) is 0 Å². The number of nitrogens with zero attached hydrogens (tertiary/aromatic N) is 3. The van der Waals surface area contributed by atoms with E-state index in [0.717, 1.165) is 19.0 Å². The molecule has 1 aliphatic heterocycles. The number of piperidine rings is 1. The first-order valence-electron chi connectivity index (χ1n) is 7.58. The van der Waals surface area contributed by atoms with Gasteiger partial charge in [0.25, 0.3) is 5.91 Å². The zero-order chi connectivity index (χ0) is 16.2. The lowest BCUT2D eigenvalue weighted by molar-refractivity contribution is 0.0699. The van der Waals surface area contributed by atoms with Crippen molar-refractivity contribution < 1.29 is 9.18 Å². The summed E-state index contributed by atoms with van der Waals surface area (Å²) in [6.45, 7) is 1.12. The Labute approximate surface area is 134 Å². The molecule has 0 unspecified atom stereocenters. The van der Waals surface area contributed by atoms with E-state index in [9.17, 15) is 9.18 Å². The first-order chi connectivity index (χ1) is 11.2. The Balaban J connectivity index is 1.87. The maximum atomic E-state index is 13.9. The van der Waals surface area contributed by atoms with Crippen molar-refractivity contribution in [3.05, 3.63) is 54.1 Å². The summed E-state index contributed by atoms with van der Waals surface area (Å²) < 4.78 is 13.9. The molecule has 2 aromatic rings. The molecule has 0 aliphatic carbocycles. The number of likely N-dealkylation sites (tertiary alicyclic amines) is 1. The summed E-state index contributed by atoms with van der Waals surface area (Å²) in [6, 6.07) is 10.7. The van der Waals surface area contributed by atoms with Crippen molar-refractivity contribution in [2.45, 2.75) is 12.8 Å². The van der Waals surface area contributed by atoms with Crippen LogP contribution in [0.3, 0.4) is 0 Å². The fraction of sp³-hybridized carbons (Fsp3) is 0.278. The van der Waals surface area contributed by atoms with Gasteiger partial charge >= 0.3 is 0 Å². The molecule has 1 saturated heterocycles. The largest absolute Gasteiger partial charge is 0.337 e. The minimum absolute atomic E-state index is 0.103. The first-order valence-corrected chi connectivity index (χ1v) is 7.58. The normalized spacial score (nSPS) is 17.6. The summed E-state index contributed by atoms with van der Waals surface area (Å²) in [7, 11) is 0. The van der Waals surface area contributed by atoms with Crippen molar-refractivity contribution in [1.29, 1.82) is 5.26 Å². The fourth-order valence-electron chi connectivity index (χ4n) is 2.88. The number of carbonyl (C=O) groups excluding carboxylic acids is 1. The lowest BCUT2D eigenvalue weighted by atomic mass is 9.98. The van der Waals surface area contributed by atoms with Crippen LogP contribution in [-0.4, -0.2) is 28.9 Å². The summed E-state index contributed by atoms with van der Waals surface area (Å²) in [5, 5.41) is 9.05. The Morgan fingerprint density at radius 3 is 3.04 bits per heavy atom. The predicted octanol–water partition coefficient (Wildman–Crippen LogP) is 3.26. The molecule has 1 aliphatic rings. The van der Waals surface area contributed by atoms with Gasteiger partial charge in [-0.15, -0.1) is 0 Å². The molecule has 5 heteroatoms. The van der Waals surface area contributed by atoms with Crippen LogP contribution in [0.4, 0.5) is 4.39 Å². The molecule has 3 rings (SSSR count).